The molecule has 1 aliphatic heterocycles. The van der Waals surface area contributed by atoms with Gasteiger partial charge in [-0.2, -0.15) is 18.3 Å². The largest absolute Gasteiger partial charge is 0.477 e. The number of amides is 3. The van der Waals surface area contributed by atoms with Crippen LogP contribution in [0.5, 0.6) is 5.88 Å². The summed E-state index contributed by atoms with van der Waals surface area (Å²) in [6.45, 7) is 2.02. The molecule has 0 aromatic carbocycles. The number of hydrogen-bond acceptors (Lipinski definition) is 9. The molecule has 48 heavy (non-hydrogen) atoms. The smallest absolute Gasteiger partial charge is 0.393 e. The van der Waals surface area contributed by atoms with E-state index in [0.29, 0.717) is 5.56 Å². The number of aromatic nitrogens is 5. The van der Waals surface area contributed by atoms with Gasteiger partial charge in [-0.05, 0) is 42.1 Å². The van der Waals surface area contributed by atoms with Crippen molar-refractivity contribution in [2.75, 3.05) is 13.7 Å². The van der Waals surface area contributed by atoms with Crippen LogP contribution in [0.2, 0.25) is 0 Å². The van der Waals surface area contributed by atoms with Crippen LogP contribution in [0.15, 0.2) is 23.1 Å². The highest BCUT2D eigenvalue weighted by Gasteiger charge is 2.65. The van der Waals surface area contributed by atoms with Gasteiger partial charge in [0.05, 0.1) is 55.4 Å². The Hall–Kier alpha value is -3.83. The van der Waals surface area contributed by atoms with Crippen molar-refractivity contribution in [3.63, 3.8) is 0 Å². The van der Waals surface area contributed by atoms with Gasteiger partial charge in [0, 0.05) is 16.2 Å². The summed E-state index contributed by atoms with van der Waals surface area (Å²) < 4.78 is 89.7. The molecule has 1 saturated heterocycles. The minimum absolute atomic E-state index is 0.0565. The lowest BCUT2D eigenvalue weighted by atomic mass is 9.43. The molecular formula is C26H35B4F5N8O5. The van der Waals surface area contributed by atoms with Crippen LogP contribution in [0.25, 0.3) is 5.65 Å². The minimum atomic E-state index is -4.52. The minimum Gasteiger partial charge on any atom is -0.477 e. The van der Waals surface area contributed by atoms with Crippen molar-refractivity contribution in [1.29, 1.82) is 0 Å². The van der Waals surface area contributed by atoms with Crippen LogP contribution in [-0.2, 0) is 4.74 Å². The fourth-order valence-corrected chi connectivity index (χ4v) is 5.77. The Labute approximate surface area is 276 Å². The quantitative estimate of drug-likeness (QED) is 0.194. The third-order valence-electron chi connectivity index (χ3n) is 9.22. The number of alkyl halides is 5. The van der Waals surface area contributed by atoms with Crippen LogP contribution < -0.4 is 15.4 Å². The molecule has 2 aliphatic rings. The summed E-state index contributed by atoms with van der Waals surface area (Å²) in [7, 11) is 6.36. The Morgan fingerprint density at radius 3 is 2.52 bits per heavy atom. The van der Waals surface area contributed by atoms with Gasteiger partial charge in [0.2, 0.25) is 5.69 Å². The molecule has 2 N–H and O–H groups in total. The number of hydrogen-bond donors (Lipinski definition) is 2. The molecule has 3 aromatic heterocycles. The number of nitrogens with one attached hydrogen (secondary N) is 2. The second-order valence-corrected chi connectivity index (χ2v) is 13.9. The first-order valence-corrected chi connectivity index (χ1v) is 15.4. The first-order chi connectivity index (χ1) is 22.2. The molecule has 2 unspecified atom stereocenters. The molecule has 5 rings (SSSR count). The number of rotatable bonds is 12. The Balaban J connectivity index is 1.51. The van der Waals surface area contributed by atoms with Crippen LogP contribution in [0, 0.1) is 5.41 Å². The summed E-state index contributed by atoms with van der Waals surface area (Å²) in [5, 5.41) is 12.7. The zero-order valence-corrected chi connectivity index (χ0v) is 27.6. The summed E-state index contributed by atoms with van der Waals surface area (Å²) in [6.07, 6.45) is -0.700. The van der Waals surface area contributed by atoms with E-state index in [0.717, 1.165) is 31.6 Å². The molecule has 3 amide bonds. The Bertz CT molecular complexity index is 1680. The Kier molecular flexibility index (Phi) is 9.05. The van der Waals surface area contributed by atoms with E-state index in [9.17, 15) is 22.8 Å². The number of nitrogens with zero attached hydrogens (tertiary/aromatic N) is 6. The standard InChI is InChI=1S/C26H35B4F5N8O5/c1-22(2,26(33,34)35)7-6-14(38-19(44)18-20(46-3)41-48-40-18)15-10-42-17(37-15)8-12(9-36-42)16(11-47-13-4-5-13)43-21(45)39-24(27,28)23(31,32)25(43,29)30/h8-10,13-14,16H,4-7,11,27-30H2,1-3H3,(H,38,44)(H,39,45). The van der Waals surface area contributed by atoms with E-state index in [1.807, 2.05) is 0 Å². The molecule has 1 saturated carbocycles. The monoisotopic (exact) mass is 678 g/mol. The Morgan fingerprint density at radius 2 is 1.90 bits per heavy atom. The highest BCUT2D eigenvalue weighted by atomic mass is 19.4. The summed E-state index contributed by atoms with van der Waals surface area (Å²) in [4.78, 5) is 32.2. The summed E-state index contributed by atoms with van der Waals surface area (Å²) in [6, 6.07) is -1.23. The van der Waals surface area contributed by atoms with Crippen LogP contribution in [0.1, 0.15) is 73.4 Å². The van der Waals surface area contributed by atoms with Gasteiger partial charge in [-0.1, -0.05) is 13.8 Å². The normalized spacial score (nSPS) is 20.2. The molecule has 2 fully saturated rings. The lowest BCUT2D eigenvalue weighted by Gasteiger charge is -2.57. The predicted molar refractivity (Wildman–Crippen MR) is 170 cm³/mol. The van der Waals surface area contributed by atoms with Gasteiger partial charge < -0.3 is 25.0 Å². The molecule has 0 bridgehead atoms. The maximum absolute atomic E-state index is 15.8. The van der Waals surface area contributed by atoms with Crippen molar-refractivity contribution in [2.24, 2.45) is 5.41 Å². The van der Waals surface area contributed by atoms with Crippen molar-refractivity contribution in [3.05, 3.63) is 35.4 Å². The predicted octanol–water partition coefficient (Wildman–Crippen LogP) is -0.319. The van der Waals surface area contributed by atoms with Gasteiger partial charge in [-0.15, -0.1) is 0 Å². The molecular weight excluding hydrogens is 643 g/mol. The zero-order chi connectivity index (χ0) is 35.4. The van der Waals surface area contributed by atoms with Crippen LogP contribution in [0.3, 0.4) is 0 Å². The number of fused-ring (bicyclic) bond motifs is 1. The summed E-state index contributed by atoms with van der Waals surface area (Å²) in [5.41, 5.74) is -1.72. The average Bonchev–Trinajstić information content (AvgIpc) is 3.51. The third kappa shape index (κ3) is 6.46. The summed E-state index contributed by atoms with van der Waals surface area (Å²) in [5.74, 6) is -4.42. The van der Waals surface area contributed by atoms with Crippen molar-refractivity contribution in [2.45, 2.75) is 80.5 Å². The fourth-order valence-electron chi connectivity index (χ4n) is 5.77. The van der Waals surface area contributed by atoms with Gasteiger partial charge in [0.1, 0.15) is 31.4 Å². The second-order valence-electron chi connectivity index (χ2n) is 13.9. The van der Waals surface area contributed by atoms with Crippen molar-refractivity contribution >= 4 is 49.0 Å². The van der Waals surface area contributed by atoms with E-state index >= 15 is 8.78 Å². The van der Waals surface area contributed by atoms with Gasteiger partial charge in [-0.3, -0.25) is 4.79 Å². The van der Waals surface area contributed by atoms with Crippen molar-refractivity contribution in [1.82, 2.24) is 40.4 Å². The zero-order valence-electron chi connectivity index (χ0n) is 27.6. The van der Waals surface area contributed by atoms with Crippen LogP contribution in [-0.4, -0.2) is 116 Å². The molecule has 3 aromatic rings. The molecule has 13 nitrogen and oxygen atoms in total. The van der Waals surface area contributed by atoms with E-state index in [4.69, 9.17) is 9.47 Å². The Morgan fingerprint density at radius 1 is 1.21 bits per heavy atom. The van der Waals surface area contributed by atoms with E-state index < -0.39 is 52.2 Å². The first kappa shape index (κ1) is 35.5. The maximum atomic E-state index is 15.8. The third-order valence-corrected chi connectivity index (χ3v) is 9.22. The second kappa shape index (κ2) is 12.2. The van der Waals surface area contributed by atoms with Gasteiger partial charge in [0.25, 0.3) is 17.7 Å². The SMILES string of the molecule is BC1(B)NC(=O)N(C(COC2CC2)c2cnn3cc(C(CCC(C)(C)C(F)(F)F)NC(=O)c4nonc4OC)nc3c2)C(B)(B)C1(F)F. The lowest BCUT2D eigenvalue weighted by Crippen LogP contribution is -2.83. The maximum Gasteiger partial charge on any atom is 0.393 e. The molecule has 2 atom stereocenters. The van der Waals surface area contributed by atoms with E-state index in [1.54, 1.807) is 6.07 Å². The van der Waals surface area contributed by atoms with Crippen molar-refractivity contribution < 1.29 is 45.6 Å². The number of imidazole rings is 1. The van der Waals surface area contributed by atoms with Crippen molar-refractivity contribution in [3.8, 4) is 5.88 Å². The average molecular weight is 678 g/mol. The number of methoxy groups -OCH3 is 1. The molecule has 22 heteroatoms. The first-order valence-electron chi connectivity index (χ1n) is 15.4. The highest BCUT2D eigenvalue weighted by Crippen LogP contribution is 2.45. The number of carbonyl (C=O) groups excluding carboxylic acids is 2. The fraction of sp³-hybridized carbons (Fsp3) is 0.615. The molecule has 256 valence electrons. The number of urea groups is 1. The van der Waals surface area contributed by atoms with Crippen LogP contribution in [0.4, 0.5) is 26.7 Å². The topological polar surface area (TPSA) is 149 Å². The number of carbonyl (C=O) groups is 2. The molecule has 0 spiro atoms. The summed E-state index contributed by atoms with van der Waals surface area (Å²) >= 11 is 0. The van der Waals surface area contributed by atoms with E-state index in [2.05, 4.69) is 35.7 Å². The van der Waals surface area contributed by atoms with Gasteiger partial charge >= 0.3 is 12.2 Å². The lowest BCUT2D eigenvalue weighted by molar-refractivity contribution is -0.214. The highest BCUT2D eigenvalue weighted by molar-refractivity contribution is 6.48. The van der Waals surface area contributed by atoms with Gasteiger partial charge in [-0.25, -0.2) is 27.7 Å². The van der Waals surface area contributed by atoms with E-state index in [1.165, 1.54) is 55.4 Å². The van der Waals surface area contributed by atoms with Crippen LogP contribution >= 0.6 is 0 Å². The molecule has 1 aliphatic carbocycles. The number of ether oxygens (including phenoxy) is 2. The van der Waals surface area contributed by atoms with Gasteiger partial charge in [0.15, 0.2) is 5.65 Å². The van der Waals surface area contributed by atoms with E-state index in [-0.39, 0.29) is 48.5 Å². The molecule has 0 radical (unpaired) electrons. The number of halogens is 5. The molecule has 4 heterocycles.